The number of rotatable bonds is 28. The van der Waals surface area contributed by atoms with Gasteiger partial charge in [-0.3, -0.25) is 13.7 Å². The summed E-state index contributed by atoms with van der Waals surface area (Å²) >= 11 is 0. The van der Waals surface area contributed by atoms with Gasteiger partial charge >= 0.3 is 0 Å². The van der Waals surface area contributed by atoms with Crippen LogP contribution >= 0.6 is 0 Å². The molecular formula is C45H80O10S3Ti. The van der Waals surface area contributed by atoms with Gasteiger partial charge in [0.25, 0.3) is 30.4 Å². The molecule has 2 aromatic rings. The summed E-state index contributed by atoms with van der Waals surface area (Å²) in [6, 6.07) is 13.5. The fraction of sp³-hybridized carbons (Fsp3) is 0.689. The van der Waals surface area contributed by atoms with Crippen molar-refractivity contribution in [1.29, 1.82) is 0 Å². The van der Waals surface area contributed by atoms with Crippen molar-refractivity contribution in [1.82, 2.24) is 0 Å². The predicted molar refractivity (Wildman–Crippen MR) is 241 cm³/mol. The smallest absolute Gasteiger partial charge is 0.294 e. The molecule has 4 N–H and O–H groups in total. The van der Waals surface area contributed by atoms with Crippen LogP contribution in [-0.4, -0.2) is 55.9 Å². The standard InChI is InChI=1S/2C18H30O3S.C6H12O3S.C3H8O.Ti/c2*1-2-3-4-5-6-7-8-9-10-11-14-17-15-12-13-16-18(17)22(19,20)21;1-6(2)4-3-5-10(7,8)9;1-3(2)4;/h2*12-13,15-16H,2-11,14H2,1H3,(H,19,20,21);1,3-5H2,2H3,(H,7,8,9);3-4H,1-2H3;. The second kappa shape index (κ2) is 38.3. The van der Waals surface area contributed by atoms with Crippen LogP contribution in [0.4, 0.5) is 0 Å². The summed E-state index contributed by atoms with van der Waals surface area (Å²) in [7, 11) is -12.0. The fourth-order valence-electron chi connectivity index (χ4n) is 6.09. The Bertz CT molecular complexity index is 1550. The molecule has 59 heavy (non-hydrogen) atoms. The third-order valence-electron chi connectivity index (χ3n) is 9.11. The van der Waals surface area contributed by atoms with Gasteiger partial charge in [0.2, 0.25) is 0 Å². The molecule has 14 heteroatoms. The first-order chi connectivity index (χ1) is 27.3. The van der Waals surface area contributed by atoms with Crippen molar-refractivity contribution in [2.75, 3.05) is 5.75 Å². The molecule has 10 nitrogen and oxygen atoms in total. The fourth-order valence-corrected chi connectivity index (χ4v) is 8.10. The molecule has 0 aliphatic rings. The van der Waals surface area contributed by atoms with Gasteiger partial charge in [0.05, 0.1) is 15.5 Å². The van der Waals surface area contributed by atoms with E-state index in [-0.39, 0.29) is 43.4 Å². The zero-order chi connectivity index (χ0) is 44.3. The maximum atomic E-state index is 11.3. The molecule has 0 amide bonds. The molecule has 0 aromatic heterocycles. The van der Waals surface area contributed by atoms with Crippen molar-refractivity contribution < 1.29 is 65.7 Å². The third kappa shape index (κ3) is 41.7. The average molecular weight is 925 g/mol. The number of aliphatic hydroxyl groups is 1. The Morgan fingerprint density at radius 3 is 1.05 bits per heavy atom. The molecule has 0 fully saturated rings. The van der Waals surface area contributed by atoms with E-state index in [0.29, 0.717) is 25.7 Å². The van der Waals surface area contributed by atoms with Gasteiger partial charge in [0.15, 0.2) is 0 Å². The van der Waals surface area contributed by atoms with E-state index in [1.54, 1.807) is 38.1 Å². The van der Waals surface area contributed by atoms with Crippen LogP contribution in [0.5, 0.6) is 0 Å². The molecule has 0 aliphatic heterocycles. The Kier molecular flexibility index (Phi) is 40.1. The summed E-state index contributed by atoms with van der Waals surface area (Å²) in [5.41, 5.74) is 2.39. The van der Waals surface area contributed by atoms with E-state index in [9.17, 15) is 34.4 Å². The summed E-state index contributed by atoms with van der Waals surface area (Å²) in [6.07, 6.45) is 27.6. The molecule has 0 saturated heterocycles. The number of allylic oxidation sites excluding steroid dienone is 1. The Balaban J connectivity index is -0.000000799. The normalized spacial score (nSPS) is 11.3. The maximum Gasteiger partial charge on any atom is 0.294 e. The van der Waals surface area contributed by atoms with E-state index in [1.165, 1.54) is 115 Å². The van der Waals surface area contributed by atoms with Crippen LogP contribution in [0.15, 0.2) is 70.5 Å². The molecule has 0 unspecified atom stereocenters. The molecule has 342 valence electrons. The zero-order valence-electron chi connectivity index (χ0n) is 37.0. The first-order valence-electron chi connectivity index (χ1n) is 21.6. The van der Waals surface area contributed by atoms with Crippen molar-refractivity contribution in [2.24, 2.45) is 0 Å². The van der Waals surface area contributed by atoms with Crippen LogP contribution in [0.25, 0.3) is 0 Å². The van der Waals surface area contributed by atoms with Gasteiger partial charge in [-0.2, -0.15) is 25.3 Å². The summed E-state index contributed by atoms with van der Waals surface area (Å²) in [4.78, 5) is 0.122. The number of hydrogen-bond donors (Lipinski definition) is 4. The average Bonchev–Trinajstić information content (AvgIpc) is 3.12. The van der Waals surface area contributed by atoms with Gasteiger partial charge in [-0.15, -0.1) is 6.58 Å². The third-order valence-corrected chi connectivity index (χ3v) is 11.8. The minimum atomic E-state index is -4.10. The first kappa shape index (κ1) is 61.9. The summed E-state index contributed by atoms with van der Waals surface area (Å²) in [6.45, 7) is 13.3. The molecule has 2 rings (SSSR count). The molecular weight excluding hydrogens is 845 g/mol. The van der Waals surface area contributed by atoms with Crippen molar-refractivity contribution in [3.63, 3.8) is 0 Å². The van der Waals surface area contributed by atoms with Crippen LogP contribution in [-0.2, 0) is 64.9 Å². The molecule has 2 aromatic carbocycles. The number of hydrogen-bond acceptors (Lipinski definition) is 7. The van der Waals surface area contributed by atoms with Gasteiger partial charge in [0.1, 0.15) is 0 Å². The van der Waals surface area contributed by atoms with E-state index < -0.39 is 30.4 Å². The first-order valence-corrected chi connectivity index (χ1v) is 26.1. The molecule has 0 heterocycles. The number of unbranched alkanes of at least 4 members (excludes halogenated alkanes) is 18. The number of aliphatic hydroxyl groups excluding tert-OH is 1. The van der Waals surface area contributed by atoms with Gasteiger partial charge in [-0.25, -0.2) is 0 Å². The SMILES string of the molecule is C=C(C)CCCS(=O)(=O)O.CC(C)O.CCCCCCCCCCCCc1ccccc1S(=O)(=O)O.CCCCCCCCCCCCc1ccccc1S(=O)(=O)O.[Ti]. The van der Waals surface area contributed by atoms with Crippen LogP contribution in [0.2, 0.25) is 0 Å². The summed E-state index contributed by atoms with van der Waals surface area (Å²) < 4.78 is 92.1. The Hall–Kier alpha value is -1.42. The van der Waals surface area contributed by atoms with Crippen LogP contribution < -0.4 is 0 Å². The Morgan fingerprint density at radius 1 is 0.525 bits per heavy atom. The summed E-state index contributed by atoms with van der Waals surface area (Å²) in [5, 5.41) is 8.06. The molecule has 0 radical (unpaired) electrons. The maximum absolute atomic E-state index is 11.3. The zero-order valence-corrected chi connectivity index (χ0v) is 41.1. The van der Waals surface area contributed by atoms with Crippen molar-refractivity contribution in [3.05, 3.63) is 71.8 Å². The molecule has 0 atom stereocenters. The van der Waals surface area contributed by atoms with Crippen LogP contribution in [0.1, 0.15) is 187 Å². The minimum absolute atomic E-state index is 0. The quantitative estimate of drug-likeness (QED) is 0.0277. The Labute approximate surface area is 376 Å². The van der Waals surface area contributed by atoms with Gasteiger partial charge in [-0.05, 0) is 82.6 Å². The van der Waals surface area contributed by atoms with Crippen molar-refractivity contribution >= 4 is 30.4 Å². The number of aryl methyl sites for hydroxylation is 2. The van der Waals surface area contributed by atoms with E-state index in [4.69, 9.17) is 9.66 Å². The second-order valence-corrected chi connectivity index (χ2v) is 19.8. The van der Waals surface area contributed by atoms with E-state index >= 15 is 0 Å². The van der Waals surface area contributed by atoms with E-state index in [2.05, 4.69) is 20.4 Å². The second-order valence-electron chi connectivity index (χ2n) is 15.5. The molecule has 0 spiro atoms. The molecule has 0 aliphatic carbocycles. The van der Waals surface area contributed by atoms with Crippen LogP contribution in [0, 0.1) is 0 Å². The van der Waals surface area contributed by atoms with Gasteiger partial charge < -0.3 is 5.11 Å². The number of benzene rings is 2. The van der Waals surface area contributed by atoms with Gasteiger partial charge in [-0.1, -0.05) is 171 Å². The monoisotopic (exact) mass is 924 g/mol. The van der Waals surface area contributed by atoms with E-state index in [1.807, 2.05) is 19.1 Å². The minimum Gasteiger partial charge on any atom is -0.394 e. The van der Waals surface area contributed by atoms with Gasteiger partial charge in [0, 0.05) is 27.8 Å². The Morgan fingerprint density at radius 2 is 0.797 bits per heavy atom. The van der Waals surface area contributed by atoms with Crippen LogP contribution in [0.3, 0.4) is 0 Å². The molecule has 0 saturated carbocycles. The summed E-state index contributed by atoms with van der Waals surface area (Å²) in [5.74, 6) is -0.167. The predicted octanol–water partition coefficient (Wildman–Crippen LogP) is 12.4. The largest absolute Gasteiger partial charge is 0.394 e. The van der Waals surface area contributed by atoms with Crippen molar-refractivity contribution in [3.8, 4) is 0 Å². The van der Waals surface area contributed by atoms with E-state index in [0.717, 1.165) is 42.4 Å². The molecule has 0 bridgehead atoms. The topological polar surface area (TPSA) is 183 Å². The van der Waals surface area contributed by atoms with Crippen molar-refractivity contribution in [2.45, 2.75) is 205 Å².